The molecule has 0 aromatic carbocycles. The van der Waals surface area contributed by atoms with Crippen LogP contribution < -0.4 is 10.9 Å². The van der Waals surface area contributed by atoms with Crippen molar-refractivity contribution in [1.82, 2.24) is 14.9 Å². The van der Waals surface area contributed by atoms with E-state index in [0.717, 1.165) is 6.42 Å². The molecule has 2 atom stereocenters. The summed E-state index contributed by atoms with van der Waals surface area (Å²) in [5, 5.41) is 3.02. The number of aromatic nitrogens is 2. The number of nitrogens with one attached hydrogen (secondary N) is 1. The standard InChI is InChI=1S/C17H19N3O3/c1-20-9-13(2-3-16(20)21)17(22)19-15-11-23-10-14(15)8-12-4-6-18-7-5-12/h2-7,9,14-15H,8,10-11H2,1H3,(H,19,22)/t14-,15+/m1/s1. The molecule has 0 unspecified atom stereocenters. The van der Waals surface area contributed by atoms with Crippen molar-refractivity contribution in [2.75, 3.05) is 13.2 Å². The van der Waals surface area contributed by atoms with Crippen molar-refractivity contribution in [2.45, 2.75) is 12.5 Å². The number of aryl methyl sites for hydroxylation is 1. The maximum atomic E-state index is 12.4. The summed E-state index contributed by atoms with van der Waals surface area (Å²) in [6.07, 6.45) is 5.92. The summed E-state index contributed by atoms with van der Waals surface area (Å²) < 4.78 is 6.93. The summed E-state index contributed by atoms with van der Waals surface area (Å²) in [7, 11) is 1.63. The minimum absolute atomic E-state index is 0.0344. The summed E-state index contributed by atoms with van der Waals surface area (Å²) in [6.45, 7) is 1.13. The first kappa shape index (κ1) is 15.4. The molecular weight excluding hydrogens is 294 g/mol. The average molecular weight is 313 g/mol. The van der Waals surface area contributed by atoms with Crippen LogP contribution >= 0.6 is 0 Å². The van der Waals surface area contributed by atoms with Crippen LogP contribution in [0, 0.1) is 5.92 Å². The van der Waals surface area contributed by atoms with Gasteiger partial charge in [0.2, 0.25) is 5.56 Å². The minimum atomic E-state index is -0.184. The molecule has 3 heterocycles. The van der Waals surface area contributed by atoms with E-state index in [0.29, 0.717) is 18.8 Å². The van der Waals surface area contributed by atoms with Crippen LogP contribution in [0.4, 0.5) is 0 Å². The van der Waals surface area contributed by atoms with Crippen LogP contribution in [0.2, 0.25) is 0 Å². The van der Waals surface area contributed by atoms with Crippen molar-refractivity contribution >= 4 is 5.91 Å². The number of hydrogen-bond donors (Lipinski definition) is 1. The summed E-state index contributed by atoms with van der Waals surface area (Å²) in [4.78, 5) is 27.8. The van der Waals surface area contributed by atoms with E-state index in [1.54, 1.807) is 31.7 Å². The molecule has 23 heavy (non-hydrogen) atoms. The highest BCUT2D eigenvalue weighted by Gasteiger charge is 2.30. The third kappa shape index (κ3) is 3.65. The maximum absolute atomic E-state index is 12.4. The van der Waals surface area contributed by atoms with Crippen molar-refractivity contribution in [2.24, 2.45) is 13.0 Å². The second-order valence-electron chi connectivity index (χ2n) is 5.80. The molecule has 1 amide bonds. The lowest BCUT2D eigenvalue weighted by molar-refractivity contribution is 0.0924. The van der Waals surface area contributed by atoms with Gasteiger partial charge < -0.3 is 14.6 Å². The van der Waals surface area contributed by atoms with Crippen molar-refractivity contribution in [3.05, 3.63) is 64.3 Å². The molecular formula is C17H19N3O3. The monoisotopic (exact) mass is 313 g/mol. The first-order chi connectivity index (χ1) is 11.1. The highest BCUT2D eigenvalue weighted by molar-refractivity contribution is 5.94. The Labute approximate surface area is 134 Å². The van der Waals surface area contributed by atoms with Gasteiger partial charge in [0, 0.05) is 37.6 Å². The zero-order valence-corrected chi connectivity index (χ0v) is 12.9. The second kappa shape index (κ2) is 6.75. The molecule has 120 valence electrons. The molecule has 0 bridgehead atoms. The molecule has 1 aliphatic rings. The van der Waals surface area contributed by atoms with Gasteiger partial charge in [-0.05, 0) is 30.2 Å². The van der Waals surface area contributed by atoms with Crippen LogP contribution in [0.15, 0.2) is 47.7 Å². The third-order valence-electron chi connectivity index (χ3n) is 4.11. The van der Waals surface area contributed by atoms with Crippen LogP contribution in [0.5, 0.6) is 0 Å². The second-order valence-corrected chi connectivity index (χ2v) is 5.80. The molecule has 0 spiro atoms. The lowest BCUT2D eigenvalue weighted by Crippen LogP contribution is -2.41. The highest BCUT2D eigenvalue weighted by atomic mass is 16.5. The van der Waals surface area contributed by atoms with E-state index in [1.165, 1.54) is 16.2 Å². The minimum Gasteiger partial charge on any atom is -0.379 e. The van der Waals surface area contributed by atoms with Gasteiger partial charge in [-0.25, -0.2) is 0 Å². The predicted molar refractivity (Wildman–Crippen MR) is 85.2 cm³/mol. The maximum Gasteiger partial charge on any atom is 0.253 e. The number of nitrogens with zero attached hydrogens (tertiary/aromatic N) is 2. The Hall–Kier alpha value is -2.47. The Morgan fingerprint density at radius 3 is 2.83 bits per heavy atom. The van der Waals surface area contributed by atoms with Crippen LogP contribution in [0.1, 0.15) is 15.9 Å². The number of pyridine rings is 2. The fourth-order valence-corrected chi connectivity index (χ4v) is 2.76. The van der Waals surface area contributed by atoms with Gasteiger partial charge in [0.05, 0.1) is 24.8 Å². The van der Waals surface area contributed by atoms with Gasteiger partial charge in [0.25, 0.3) is 5.91 Å². The van der Waals surface area contributed by atoms with Gasteiger partial charge in [-0.15, -0.1) is 0 Å². The van der Waals surface area contributed by atoms with Crippen molar-refractivity contribution in [1.29, 1.82) is 0 Å². The normalized spacial score (nSPS) is 20.4. The smallest absolute Gasteiger partial charge is 0.253 e. The van der Waals surface area contributed by atoms with Crippen LogP contribution in [0.25, 0.3) is 0 Å². The zero-order chi connectivity index (χ0) is 16.2. The van der Waals surface area contributed by atoms with E-state index >= 15 is 0 Å². The molecule has 0 radical (unpaired) electrons. The molecule has 0 aliphatic carbocycles. The lowest BCUT2D eigenvalue weighted by atomic mass is 9.95. The molecule has 0 saturated carbocycles. The SMILES string of the molecule is Cn1cc(C(=O)N[C@H]2COC[C@H]2Cc2ccncc2)ccc1=O. The number of amides is 1. The van der Waals surface area contributed by atoms with E-state index in [4.69, 9.17) is 4.74 Å². The Kier molecular flexibility index (Phi) is 4.52. The van der Waals surface area contributed by atoms with E-state index < -0.39 is 0 Å². The molecule has 2 aromatic rings. The van der Waals surface area contributed by atoms with Gasteiger partial charge in [-0.1, -0.05) is 0 Å². The molecule has 1 N–H and O–H groups in total. The zero-order valence-electron chi connectivity index (χ0n) is 12.9. The Morgan fingerprint density at radius 2 is 2.09 bits per heavy atom. The van der Waals surface area contributed by atoms with Gasteiger partial charge in [-0.3, -0.25) is 14.6 Å². The van der Waals surface area contributed by atoms with E-state index in [9.17, 15) is 9.59 Å². The van der Waals surface area contributed by atoms with Gasteiger partial charge in [-0.2, -0.15) is 0 Å². The third-order valence-corrected chi connectivity index (χ3v) is 4.11. The molecule has 1 aliphatic heterocycles. The Bertz CT molecular complexity index is 742. The van der Waals surface area contributed by atoms with Crippen molar-refractivity contribution < 1.29 is 9.53 Å². The fourth-order valence-electron chi connectivity index (χ4n) is 2.76. The molecule has 2 aromatic heterocycles. The largest absolute Gasteiger partial charge is 0.379 e. The van der Waals surface area contributed by atoms with Gasteiger partial charge in [0.1, 0.15) is 0 Å². The Balaban J connectivity index is 1.67. The topological polar surface area (TPSA) is 73.2 Å². The first-order valence-electron chi connectivity index (χ1n) is 7.57. The first-order valence-corrected chi connectivity index (χ1v) is 7.57. The summed E-state index contributed by atoms with van der Waals surface area (Å²) in [5.41, 5.74) is 1.51. The molecule has 6 nitrogen and oxygen atoms in total. The summed E-state index contributed by atoms with van der Waals surface area (Å²) >= 11 is 0. The van der Waals surface area contributed by atoms with Crippen LogP contribution in [-0.2, 0) is 18.2 Å². The number of carbonyl (C=O) groups is 1. The quantitative estimate of drug-likeness (QED) is 0.905. The lowest BCUT2D eigenvalue weighted by Gasteiger charge is -2.19. The Morgan fingerprint density at radius 1 is 1.30 bits per heavy atom. The predicted octanol–water partition coefficient (Wildman–Crippen LogP) is 0.768. The van der Waals surface area contributed by atoms with E-state index in [-0.39, 0.29) is 23.4 Å². The number of ether oxygens (including phenoxy) is 1. The van der Waals surface area contributed by atoms with E-state index in [1.807, 2.05) is 12.1 Å². The van der Waals surface area contributed by atoms with Gasteiger partial charge in [0.15, 0.2) is 0 Å². The molecule has 1 saturated heterocycles. The molecule has 3 rings (SSSR count). The molecule has 1 fully saturated rings. The number of carbonyl (C=O) groups excluding carboxylic acids is 1. The average Bonchev–Trinajstić information content (AvgIpc) is 2.98. The van der Waals surface area contributed by atoms with Crippen LogP contribution in [0.3, 0.4) is 0 Å². The highest BCUT2D eigenvalue weighted by Crippen LogP contribution is 2.19. The summed E-state index contributed by atoms with van der Waals surface area (Å²) in [5.74, 6) is 0.0460. The number of hydrogen-bond acceptors (Lipinski definition) is 4. The molecule has 6 heteroatoms. The van der Waals surface area contributed by atoms with E-state index in [2.05, 4.69) is 10.3 Å². The van der Waals surface area contributed by atoms with Crippen molar-refractivity contribution in [3.8, 4) is 0 Å². The fraction of sp³-hybridized carbons (Fsp3) is 0.353. The van der Waals surface area contributed by atoms with Gasteiger partial charge >= 0.3 is 0 Å². The summed E-state index contributed by atoms with van der Waals surface area (Å²) in [6, 6.07) is 6.86. The number of rotatable bonds is 4. The van der Waals surface area contributed by atoms with Crippen molar-refractivity contribution in [3.63, 3.8) is 0 Å². The van der Waals surface area contributed by atoms with Crippen LogP contribution in [-0.4, -0.2) is 34.7 Å².